The van der Waals surface area contributed by atoms with Crippen LogP contribution in [-0.4, -0.2) is 30.6 Å². The Morgan fingerprint density at radius 1 is 1.00 bits per heavy atom. The minimum atomic E-state index is 0.879. The first-order valence-electron chi connectivity index (χ1n) is 8.14. The average molecular weight is 252 g/mol. The van der Waals surface area contributed by atoms with Crippen molar-refractivity contribution < 1.29 is 0 Å². The lowest BCUT2D eigenvalue weighted by atomic mass is 9.78. The van der Waals surface area contributed by atoms with Crippen LogP contribution in [0.3, 0.4) is 0 Å². The maximum Gasteiger partial charge on any atom is 0.00954 e. The summed E-state index contributed by atoms with van der Waals surface area (Å²) in [5, 5.41) is 0. The first kappa shape index (κ1) is 14.3. The third kappa shape index (κ3) is 3.71. The molecular weight excluding hydrogens is 220 g/mol. The van der Waals surface area contributed by atoms with Crippen LogP contribution in [0.25, 0.3) is 0 Å². The summed E-state index contributed by atoms with van der Waals surface area (Å²) in [6, 6.07) is 0.902. The monoisotopic (exact) mass is 252 g/mol. The molecule has 1 heterocycles. The number of nitrogens with zero attached hydrogens (tertiary/aromatic N) is 1. The quantitative estimate of drug-likeness (QED) is 0.832. The second kappa shape index (κ2) is 6.91. The average Bonchev–Trinajstić information content (AvgIpc) is 2.40. The summed E-state index contributed by atoms with van der Waals surface area (Å²) in [6.45, 7) is 8.33. The van der Waals surface area contributed by atoms with E-state index >= 15 is 0 Å². The van der Waals surface area contributed by atoms with E-state index in [4.69, 9.17) is 5.73 Å². The van der Waals surface area contributed by atoms with Crippen LogP contribution < -0.4 is 5.73 Å². The van der Waals surface area contributed by atoms with Gasteiger partial charge in [-0.15, -0.1) is 0 Å². The molecular formula is C16H32N2. The molecule has 2 heteroatoms. The van der Waals surface area contributed by atoms with E-state index in [1.807, 2.05) is 0 Å². The number of rotatable bonds is 4. The summed E-state index contributed by atoms with van der Waals surface area (Å²) in [7, 11) is 0. The Bertz CT molecular complexity index is 223. The summed E-state index contributed by atoms with van der Waals surface area (Å²) in [4.78, 5) is 2.78. The van der Waals surface area contributed by atoms with Gasteiger partial charge in [0.15, 0.2) is 0 Å². The molecule has 0 aromatic heterocycles. The SMILES string of the molecule is CC(C)C1CCC(N2CCC(CCN)CC2)CC1. The summed E-state index contributed by atoms with van der Waals surface area (Å²) >= 11 is 0. The zero-order chi connectivity index (χ0) is 13.0. The molecule has 106 valence electrons. The van der Waals surface area contributed by atoms with Gasteiger partial charge in [-0.2, -0.15) is 0 Å². The van der Waals surface area contributed by atoms with Crippen LogP contribution in [0.4, 0.5) is 0 Å². The van der Waals surface area contributed by atoms with E-state index in [0.29, 0.717) is 0 Å². The first-order valence-corrected chi connectivity index (χ1v) is 8.14. The first-order chi connectivity index (χ1) is 8.70. The lowest BCUT2D eigenvalue weighted by Crippen LogP contribution is -2.43. The Kier molecular flexibility index (Phi) is 5.50. The molecule has 2 rings (SSSR count). The summed E-state index contributed by atoms with van der Waals surface area (Å²) in [5.74, 6) is 2.80. The zero-order valence-corrected chi connectivity index (χ0v) is 12.4. The van der Waals surface area contributed by atoms with E-state index in [9.17, 15) is 0 Å². The summed E-state index contributed by atoms with van der Waals surface area (Å²) < 4.78 is 0. The van der Waals surface area contributed by atoms with E-state index in [1.165, 1.54) is 58.0 Å². The van der Waals surface area contributed by atoms with Crippen molar-refractivity contribution in [2.45, 2.75) is 64.8 Å². The zero-order valence-electron chi connectivity index (χ0n) is 12.4. The van der Waals surface area contributed by atoms with Gasteiger partial charge in [-0.05, 0) is 82.3 Å². The van der Waals surface area contributed by atoms with Crippen molar-refractivity contribution in [1.29, 1.82) is 0 Å². The second-order valence-electron chi connectivity index (χ2n) is 6.87. The van der Waals surface area contributed by atoms with E-state index in [0.717, 1.165) is 30.3 Å². The largest absolute Gasteiger partial charge is 0.330 e. The van der Waals surface area contributed by atoms with Crippen molar-refractivity contribution in [3.63, 3.8) is 0 Å². The van der Waals surface area contributed by atoms with Gasteiger partial charge in [0, 0.05) is 6.04 Å². The van der Waals surface area contributed by atoms with Gasteiger partial charge in [0.05, 0.1) is 0 Å². The summed E-state index contributed by atoms with van der Waals surface area (Å²) in [6.07, 6.45) is 9.85. The van der Waals surface area contributed by atoms with Gasteiger partial charge < -0.3 is 10.6 Å². The van der Waals surface area contributed by atoms with Gasteiger partial charge in [-0.3, -0.25) is 0 Å². The highest BCUT2D eigenvalue weighted by Gasteiger charge is 2.29. The standard InChI is InChI=1S/C16H32N2/c1-13(2)15-3-5-16(6-4-15)18-11-8-14(7-10-17)9-12-18/h13-16H,3-12,17H2,1-2H3. The lowest BCUT2D eigenvalue weighted by Gasteiger charge is -2.41. The lowest BCUT2D eigenvalue weighted by molar-refractivity contribution is 0.0856. The van der Waals surface area contributed by atoms with Crippen molar-refractivity contribution >= 4 is 0 Å². The molecule has 1 saturated heterocycles. The second-order valence-corrected chi connectivity index (χ2v) is 6.87. The molecule has 2 aliphatic rings. The summed E-state index contributed by atoms with van der Waals surface area (Å²) in [5.41, 5.74) is 5.67. The normalized spacial score (nSPS) is 32.0. The molecule has 0 amide bonds. The number of hydrogen-bond acceptors (Lipinski definition) is 2. The number of nitrogens with two attached hydrogens (primary N) is 1. The highest BCUT2D eigenvalue weighted by atomic mass is 15.2. The van der Waals surface area contributed by atoms with Gasteiger partial charge >= 0.3 is 0 Å². The van der Waals surface area contributed by atoms with E-state index in [2.05, 4.69) is 18.7 Å². The number of likely N-dealkylation sites (tertiary alicyclic amines) is 1. The molecule has 1 aliphatic carbocycles. The third-order valence-corrected chi connectivity index (χ3v) is 5.42. The molecule has 2 nitrogen and oxygen atoms in total. The Morgan fingerprint density at radius 3 is 2.11 bits per heavy atom. The number of hydrogen-bond donors (Lipinski definition) is 1. The predicted molar refractivity (Wildman–Crippen MR) is 78.6 cm³/mol. The minimum Gasteiger partial charge on any atom is -0.330 e. The molecule has 1 saturated carbocycles. The Hall–Kier alpha value is -0.0800. The van der Waals surface area contributed by atoms with Crippen LogP contribution in [0.2, 0.25) is 0 Å². The van der Waals surface area contributed by atoms with Crippen LogP contribution in [-0.2, 0) is 0 Å². The molecule has 0 spiro atoms. The molecule has 0 aromatic carbocycles. The molecule has 18 heavy (non-hydrogen) atoms. The van der Waals surface area contributed by atoms with Crippen molar-refractivity contribution in [3.05, 3.63) is 0 Å². The van der Waals surface area contributed by atoms with Crippen LogP contribution in [0.5, 0.6) is 0 Å². The van der Waals surface area contributed by atoms with Crippen molar-refractivity contribution in [3.8, 4) is 0 Å². The molecule has 2 N–H and O–H groups in total. The topological polar surface area (TPSA) is 29.3 Å². The van der Waals surface area contributed by atoms with E-state index in [1.54, 1.807) is 0 Å². The third-order valence-electron chi connectivity index (χ3n) is 5.42. The van der Waals surface area contributed by atoms with Crippen LogP contribution in [0.15, 0.2) is 0 Å². The molecule has 0 bridgehead atoms. The van der Waals surface area contributed by atoms with Gasteiger partial charge in [-0.25, -0.2) is 0 Å². The highest BCUT2D eigenvalue weighted by molar-refractivity contribution is 4.83. The highest BCUT2D eigenvalue weighted by Crippen LogP contribution is 2.33. The predicted octanol–water partition coefficient (Wildman–Crippen LogP) is 3.26. The van der Waals surface area contributed by atoms with Crippen LogP contribution in [0.1, 0.15) is 58.8 Å². The fourth-order valence-corrected chi connectivity index (χ4v) is 3.98. The molecule has 0 unspecified atom stereocenters. The van der Waals surface area contributed by atoms with Crippen molar-refractivity contribution in [2.24, 2.45) is 23.5 Å². The Labute approximate surface area is 113 Å². The Morgan fingerprint density at radius 2 is 1.61 bits per heavy atom. The number of piperidine rings is 1. The smallest absolute Gasteiger partial charge is 0.00954 e. The maximum absolute atomic E-state index is 5.67. The molecule has 2 fully saturated rings. The maximum atomic E-state index is 5.67. The van der Waals surface area contributed by atoms with Gasteiger partial charge in [0.2, 0.25) is 0 Å². The van der Waals surface area contributed by atoms with Gasteiger partial charge in [0.1, 0.15) is 0 Å². The molecule has 0 atom stereocenters. The van der Waals surface area contributed by atoms with Crippen molar-refractivity contribution in [2.75, 3.05) is 19.6 Å². The van der Waals surface area contributed by atoms with Crippen molar-refractivity contribution in [1.82, 2.24) is 4.90 Å². The Balaban J connectivity index is 1.71. The molecule has 0 aromatic rings. The molecule has 0 radical (unpaired) electrons. The van der Waals surface area contributed by atoms with Crippen LogP contribution >= 0.6 is 0 Å². The molecule has 1 aliphatic heterocycles. The van der Waals surface area contributed by atoms with Gasteiger partial charge in [0.25, 0.3) is 0 Å². The minimum absolute atomic E-state index is 0.879. The van der Waals surface area contributed by atoms with Gasteiger partial charge in [-0.1, -0.05) is 13.8 Å². The fraction of sp³-hybridized carbons (Fsp3) is 1.00. The van der Waals surface area contributed by atoms with E-state index in [-0.39, 0.29) is 0 Å². The van der Waals surface area contributed by atoms with E-state index < -0.39 is 0 Å². The fourth-order valence-electron chi connectivity index (χ4n) is 3.98. The van der Waals surface area contributed by atoms with Crippen LogP contribution in [0, 0.1) is 17.8 Å².